The summed E-state index contributed by atoms with van der Waals surface area (Å²) in [7, 11) is 1.52. The fourth-order valence-corrected chi connectivity index (χ4v) is 5.58. The summed E-state index contributed by atoms with van der Waals surface area (Å²) in [5.41, 5.74) is 1.18. The topological polar surface area (TPSA) is 162 Å². The summed E-state index contributed by atoms with van der Waals surface area (Å²) in [5.74, 6) is -0.442. The quantitative estimate of drug-likeness (QED) is 0.243. The Bertz CT molecular complexity index is 1550. The average Bonchev–Trinajstić information content (AvgIpc) is 3.51. The largest absolute Gasteiger partial charge is 0.507 e. The molecular weight excluding hydrogens is 558 g/mol. The number of phenolic OH excluding ortho intramolecular Hbond substituents is 2. The maximum Gasteiger partial charge on any atom is 0.239 e. The molecule has 11 heteroatoms. The Labute approximate surface area is 249 Å². The van der Waals surface area contributed by atoms with Gasteiger partial charge in [-0.3, -0.25) is 9.69 Å². The van der Waals surface area contributed by atoms with Gasteiger partial charge < -0.3 is 44.2 Å². The third-order valence-corrected chi connectivity index (χ3v) is 8.13. The first-order valence-corrected chi connectivity index (χ1v) is 14.4. The Hall–Kier alpha value is -3.61. The van der Waals surface area contributed by atoms with Crippen LogP contribution in [0.5, 0.6) is 23.0 Å². The van der Waals surface area contributed by atoms with Gasteiger partial charge in [-0.25, -0.2) is 0 Å². The van der Waals surface area contributed by atoms with Crippen LogP contribution in [0.3, 0.4) is 0 Å². The molecule has 11 nitrogen and oxygen atoms in total. The molecule has 5 atom stereocenters. The third-order valence-electron chi connectivity index (χ3n) is 8.13. The number of ether oxygens (including phenoxy) is 3. The lowest BCUT2D eigenvalue weighted by molar-refractivity contribution is -0.268. The van der Waals surface area contributed by atoms with Gasteiger partial charge in [-0.2, -0.15) is 0 Å². The van der Waals surface area contributed by atoms with Crippen molar-refractivity contribution in [3.8, 4) is 34.3 Å². The molecule has 2 aromatic carbocycles. The van der Waals surface area contributed by atoms with Gasteiger partial charge in [0.15, 0.2) is 5.76 Å². The highest BCUT2D eigenvalue weighted by atomic mass is 16.7. The average molecular weight is 598 g/mol. The number of allylic oxidation sites excluding steroid dienone is 2. The van der Waals surface area contributed by atoms with E-state index in [9.17, 15) is 30.3 Å². The Morgan fingerprint density at radius 2 is 1.67 bits per heavy atom. The van der Waals surface area contributed by atoms with Crippen molar-refractivity contribution in [2.45, 2.75) is 77.3 Å². The first-order chi connectivity index (χ1) is 20.5. The fraction of sp³-hybridized carbons (Fsp3) is 0.469. The minimum absolute atomic E-state index is 0.00484. The molecule has 232 valence electrons. The smallest absolute Gasteiger partial charge is 0.239 e. The van der Waals surface area contributed by atoms with E-state index in [4.69, 9.17) is 18.6 Å². The second-order valence-corrected chi connectivity index (χ2v) is 11.4. The van der Waals surface area contributed by atoms with E-state index in [-0.39, 0.29) is 46.8 Å². The number of aromatic hydroxyl groups is 2. The van der Waals surface area contributed by atoms with E-state index < -0.39 is 41.9 Å². The van der Waals surface area contributed by atoms with Gasteiger partial charge in [-0.05, 0) is 77.4 Å². The van der Waals surface area contributed by atoms with Crippen molar-refractivity contribution in [1.29, 1.82) is 0 Å². The molecule has 2 saturated heterocycles. The van der Waals surface area contributed by atoms with E-state index in [0.717, 1.165) is 31.5 Å². The van der Waals surface area contributed by atoms with Gasteiger partial charge in [-0.1, -0.05) is 11.6 Å². The zero-order valence-electron chi connectivity index (χ0n) is 24.7. The highest BCUT2D eigenvalue weighted by Gasteiger charge is 2.44. The minimum Gasteiger partial charge on any atom is -0.507 e. The summed E-state index contributed by atoms with van der Waals surface area (Å²) < 4.78 is 23.2. The summed E-state index contributed by atoms with van der Waals surface area (Å²) in [5, 5.41) is 54.0. The summed E-state index contributed by atoms with van der Waals surface area (Å²) in [6, 6.07) is 6.62. The van der Waals surface area contributed by atoms with Crippen molar-refractivity contribution >= 4 is 11.0 Å². The lowest BCUT2D eigenvalue weighted by atomic mass is 9.97. The Morgan fingerprint density at radius 1 is 1.00 bits per heavy atom. The number of likely N-dealkylation sites (tertiary alicyclic amines) is 1. The standard InChI is InChI=1S/C32H39NO10/c1-16(2)7-12-20-24(35)21(15-33-13-5-6-14-33)25(36)22-26(37)31(43-32-28(39)27(38)23(34)17(3)41-32)29(42-30(20)22)18-8-10-19(40-4)11-9-18/h7-11,17,23,27-28,32,34-36,38-39H,5-6,12-15H2,1-4H3/t17-,23-,27+,28+,32-/m0/s1. The summed E-state index contributed by atoms with van der Waals surface area (Å²) in [6.45, 7) is 7.15. The van der Waals surface area contributed by atoms with E-state index in [1.165, 1.54) is 14.0 Å². The molecular formula is C32H39NO10. The predicted octanol–water partition coefficient (Wildman–Crippen LogP) is 3.19. The van der Waals surface area contributed by atoms with Crippen LogP contribution in [0.25, 0.3) is 22.3 Å². The van der Waals surface area contributed by atoms with Gasteiger partial charge in [0.1, 0.15) is 46.5 Å². The van der Waals surface area contributed by atoms with Crippen LogP contribution in [0, 0.1) is 0 Å². The number of aliphatic hydroxyl groups is 3. The molecule has 0 saturated carbocycles. The lowest BCUT2D eigenvalue weighted by Gasteiger charge is -2.38. The lowest BCUT2D eigenvalue weighted by Crippen LogP contribution is -2.58. The van der Waals surface area contributed by atoms with Crippen molar-refractivity contribution in [3.63, 3.8) is 0 Å². The van der Waals surface area contributed by atoms with Crippen molar-refractivity contribution in [2.75, 3.05) is 20.2 Å². The summed E-state index contributed by atoms with van der Waals surface area (Å²) in [6.07, 6.45) is -3.02. The van der Waals surface area contributed by atoms with Crippen LogP contribution in [-0.2, 0) is 17.7 Å². The van der Waals surface area contributed by atoms with Crippen LogP contribution in [0.4, 0.5) is 0 Å². The number of benzene rings is 2. The molecule has 1 aromatic heterocycles. The number of hydrogen-bond acceptors (Lipinski definition) is 11. The molecule has 0 unspecified atom stereocenters. The molecule has 5 N–H and O–H groups in total. The second kappa shape index (κ2) is 12.6. The highest BCUT2D eigenvalue weighted by Crippen LogP contribution is 2.44. The molecule has 2 aliphatic heterocycles. The number of nitrogens with zero attached hydrogens (tertiary/aromatic N) is 1. The normalized spacial score (nSPS) is 24.3. The number of hydrogen-bond donors (Lipinski definition) is 5. The number of fused-ring (bicyclic) bond motifs is 1. The van der Waals surface area contributed by atoms with Crippen molar-refractivity contribution in [3.05, 3.63) is 57.3 Å². The zero-order chi connectivity index (χ0) is 31.0. The third kappa shape index (κ3) is 5.96. The SMILES string of the molecule is COc1ccc(-c2oc3c(CC=C(C)C)c(O)c(CN4CCCC4)c(O)c3c(=O)c2O[C@@H]2O[C@@H](C)[C@H](O)[C@@H](O)[C@H]2O)cc1. The number of methoxy groups -OCH3 is 1. The van der Waals surface area contributed by atoms with Gasteiger partial charge in [0.2, 0.25) is 17.5 Å². The number of rotatable bonds is 8. The van der Waals surface area contributed by atoms with Crippen LogP contribution in [0.2, 0.25) is 0 Å². The maximum absolute atomic E-state index is 14.3. The molecule has 43 heavy (non-hydrogen) atoms. The van der Waals surface area contributed by atoms with E-state index in [1.54, 1.807) is 24.3 Å². The molecule has 3 aromatic rings. The first kappa shape index (κ1) is 30.8. The van der Waals surface area contributed by atoms with Crippen molar-refractivity contribution in [2.24, 2.45) is 0 Å². The monoisotopic (exact) mass is 597 g/mol. The zero-order valence-corrected chi connectivity index (χ0v) is 24.7. The van der Waals surface area contributed by atoms with Crippen molar-refractivity contribution in [1.82, 2.24) is 4.90 Å². The first-order valence-electron chi connectivity index (χ1n) is 14.4. The summed E-state index contributed by atoms with van der Waals surface area (Å²) in [4.78, 5) is 16.4. The molecule has 5 rings (SSSR count). The van der Waals surface area contributed by atoms with Crippen molar-refractivity contribution < 1.29 is 44.2 Å². The van der Waals surface area contributed by atoms with Gasteiger partial charge >= 0.3 is 0 Å². The Kier molecular flexibility index (Phi) is 9.00. The number of aliphatic hydroxyl groups excluding tert-OH is 3. The van der Waals surface area contributed by atoms with E-state index >= 15 is 0 Å². The molecule has 0 radical (unpaired) electrons. The maximum atomic E-state index is 14.3. The highest BCUT2D eigenvalue weighted by molar-refractivity contribution is 5.93. The predicted molar refractivity (Wildman–Crippen MR) is 158 cm³/mol. The van der Waals surface area contributed by atoms with Gasteiger partial charge in [0.05, 0.1) is 18.8 Å². The van der Waals surface area contributed by atoms with Crippen LogP contribution in [0.1, 0.15) is 44.7 Å². The molecule has 3 heterocycles. The van der Waals surface area contributed by atoms with Gasteiger partial charge in [0, 0.05) is 17.7 Å². The molecule has 0 amide bonds. The Morgan fingerprint density at radius 3 is 2.30 bits per heavy atom. The van der Waals surface area contributed by atoms with E-state index in [2.05, 4.69) is 4.90 Å². The fourth-order valence-electron chi connectivity index (χ4n) is 5.58. The van der Waals surface area contributed by atoms with Crippen LogP contribution in [-0.4, -0.2) is 81.3 Å². The minimum atomic E-state index is -1.70. The molecule has 0 bridgehead atoms. The Balaban J connectivity index is 1.76. The molecule has 0 aliphatic carbocycles. The van der Waals surface area contributed by atoms with E-state index in [0.29, 0.717) is 16.9 Å². The van der Waals surface area contributed by atoms with Gasteiger partial charge in [-0.15, -0.1) is 0 Å². The van der Waals surface area contributed by atoms with Crippen LogP contribution in [0.15, 0.2) is 45.1 Å². The molecule has 0 spiro atoms. The molecule has 2 aliphatic rings. The van der Waals surface area contributed by atoms with E-state index in [1.807, 2.05) is 19.9 Å². The molecule has 2 fully saturated rings. The number of phenols is 2. The second-order valence-electron chi connectivity index (χ2n) is 11.4. The summed E-state index contributed by atoms with van der Waals surface area (Å²) >= 11 is 0. The van der Waals surface area contributed by atoms with Crippen LogP contribution < -0.4 is 14.9 Å². The van der Waals surface area contributed by atoms with Crippen LogP contribution >= 0.6 is 0 Å². The van der Waals surface area contributed by atoms with Gasteiger partial charge in [0.25, 0.3) is 0 Å².